The Hall–Kier alpha value is -1.59. The van der Waals surface area contributed by atoms with E-state index in [1.54, 1.807) is 4.90 Å². The highest BCUT2D eigenvalue weighted by Crippen LogP contribution is 2.27. The highest BCUT2D eigenvalue weighted by Gasteiger charge is 2.26. The number of benzene rings is 1. The van der Waals surface area contributed by atoms with Crippen LogP contribution in [0.1, 0.15) is 18.4 Å². The van der Waals surface area contributed by atoms with Crippen molar-refractivity contribution in [1.82, 2.24) is 10.6 Å². The van der Waals surface area contributed by atoms with Crippen LogP contribution >= 0.6 is 12.4 Å². The lowest BCUT2D eigenvalue weighted by atomic mass is 9.97. The van der Waals surface area contributed by atoms with Crippen molar-refractivity contribution in [2.75, 3.05) is 31.1 Å². The fourth-order valence-electron chi connectivity index (χ4n) is 3.08. The van der Waals surface area contributed by atoms with Crippen molar-refractivity contribution in [3.63, 3.8) is 0 Å². The fraction of sp³-hybridized carbons (Fsp3) is 0.500. The van der Waals surface area contributed by atoms with Crippen LogP contribution in [0.15, 0.2) is 24.3 Å². The van der Waals surface area contributed by atoms with Gasteiger partial charge >= 0.3 is 0 Å². The number of nitrogens with one attached hydrogen (secondary N) is 2. The van der Waals surface area contributed by atoms with E-state index in [9.17, 15) is 9.59 Å². The van der Waals surface area contributed by atoms with Crippen molar-refractivity contribution < 1.29 is 9.59 Å². The van der Waals surface area contributed by atoms with Crippen LogP contribution in [0, 0.1) is 5.92 Å². The number of hydrogen-bond acceptors (Lipinski definition) is 3. The summed E-state index contributed by atoms with van der Waals surface area (Å²) in [4.78, 5) is 26.1. The highest BCUT2D eigenvalue weighted by molar-refractivity contribution is 5.98. The van der Waals surface area contributed by atoms with Crippen molar-refractivity contribution in [2.45, 2.75) is 19.3 Å². The van der Waals surface area contributed by atoms with E-state index in [1.165, 1.54) is 5.56 Å². The van der Waals surface area contributed by atoms with E-state index in [-0.39, 0.29) is 36.7 Å². The van der Waals surface area contributed by atoms with Gasteiger partial charge in [0, 0.05) is 18.2 Å². The van der Waals surface area contributed by atoms with Crippen molar-refractivity contribution in [2.24, 2.45) is 5.92 Å². The lowest BCUT2D eigenvalue weighted by molar-refractivity contribution is -0.128. The van der Waals surface area contributed by atoms with Gasteiger partial charge in [-0.3, -0.25) is 9.59 Å². The Bertz CT molecular complexity index is 544. The van der Waals surface area contributed by atoms with Crippen LogP contribution in [0.5, 0.6) is 0 Å². The molecular weight excluding hydrogens is 302 g/mol. The summed E-state index contributed by atoms with van der Waals surface area (Å²) in [7, 11) is 0. The molecule has 0 bridgehead atoms. The van der Waals surface area contributed by atoms with Crippen LogP contribution < -0.4 is 15.5 Å². The molecule has 2 aliphatic heterocycles. The summed E-state index contributed by atoms with van der Waals surface area (Å²) >= 11 is 0. The highest BCUT2D eigenvalue weighted by atomic mass is 35.5. The first-order chi connectivity index (χ1) is 10.3. The van der Waals surface area contributed by atoms with Crippen LogP contribution in [-0.4, -0.2) is 38.0 Å². The van der Waals surface area contributed by atoms with E-state index in [0.717, 1.165) is 38.0 Å². The molecule has 1 aromatic rings. The molecule has 0 spiro atoms. The van der Waals surface area contributed by atoms with Crippen molar-refractivity contribution in [3.05, 3.63) is 29.8 Å². The summed E-state index contributed by atoms with van der Waals surface area (Å²) in [5.74, 6) is 0.0319. The van der Waals surface area contributed by atoms with Gasteiger partial charge in [-0.05, 0) is 44.0 Å². The minimum absolute atomic E-state index is 0. The van der Waals surface area contributed by atoms with Gasteiger partial charge in [0.1, 0.15) is 0 Å². The summed E-state index contributed by atoms with van der Waals surface area (Å²) in [6, 6.07) is 7.95. The molecule has 0 saturated carbocycles. The molecule has 1 fully saturated rings. The van der Waals surface area contributed by atoms with Gasteiger partial charge < -0.3 is 15.5 Å². The Morgan fingerprint density at radius 3 is 2.73 bits per heavy atom. The number of anilines is 1. The number of hydrogen-bond donors (Lipinski definition) is 2. The molecule has 5 nitrogen and oxygen atoms in total. The van der Waals surface area contributed by atoms with Crippen LogP contribution in [-0.2, 0) is 16.0 Å². The SMILES string of the molecule is Cl.O=C(NCC(=O)N1CCc2ccccc21)C1CCNCC1. The number of halogens is 1. The predicted octanol–water partition coefficient (Wildman–Crippen LogP) is 1.11. The van der Waals surface area contributed by atoms with E-state index >= 15 is 0 Å². The maximum atomic E-state index is 12.3. The number of fused-ring (bicyclic) bond motifs is 1. The van der Waals surface area contributed by atoms with Gasteiger partial charge in [-0.1, -0.05) is 18.2 Å². The summed E-state index contributed by atoms with van der Waals surface area (Å²) in [6.07, 6.45) is 2.60. The second-order valence-corrected chi connectivity index (χ2v) is 5.67. The molecular formula is C16H22ClN3O2. The second-order valence-electron chi connectivity index (χ2n) is 5.67. The minimum atomic E-state index is -0.0257. The molecule has 0 radical (unpaired) electrons. The third-order valence-electron chi connectivity index (χ3n) is 4.31. The first-order valence-corrected chi connectivity index (χ1v) is 7.62. The molecule has 2 N–H and O–H groups in total. The third-order valence-corrected chi connectivity index (χ3v) is 4.31. The fourth-order valence-corrected chi connectivity index (χ4v) is 3.08. The second kappa shape index (κ2) is 7.61. The lowest BCUT2D eigenvalue weighted by Crippen LogP contribution is -2.43. The van der Waals surface area contributed by atoms with Gasteiger partial charge in [-0.2, -0.15) is 0 Å². The van der Waals surface area contributed by atoms with E-state index in [2.05, 4.69) is 16.7 Å². The zero-order valence-electron chi connectivity index (χ0n) is 12.5. The van der Waals surface area contributed by atoms with Crippen LogP contribution in [0.4, 0.5) is 5.69 Å². The molecule has 22 heavy (non-hydrogen) atoms. The normalized spacial score (nSPS) is 17.5. The molecule has 2 amide bonds. The molecule has 1 aromatic carbocycles. The van der Waals surface area contributed by atoms with Gasteiger partial charge in [-0.25, -0.2) is 0 Å². The number of piperidine rings is 1. The topological polar surface area (TPSA) is 61.4 Å². The first-order valence-electron chi connectivity index (χ1n) is 7.62. The van der Waals surface area contributed by atoms with E-state index < -0.39 is 0 Å². The van der Waals surface area contributed by atoms with Crippen LogP contribution in [0.25, 0.3) is 0 Å². The first kappa shape index (κ1) is 16.8. The maximum absolute atomic E-state index is 12.3. The predicted molar refractivity (Wildman–Crippen MR) is 88.4 cm³/mol. The molecule has 0 aromatic heterocycles. The molecule has 6 heteroatoms. The van der Waals surface area contributed by atoms with E-state index in [4.69, 9.17) is 0 Å². The zero-order valence-corrected chi connectivity index (χ0v) is 13.3. The van der Waals surface area contributed by atoms with Crippen molar-refractivity contribution >= 4 is 29.9 Å². The monoisotopic (exact) mass is 323 g/mol. The largest absolute Gasteiger partial charge is 0.347 e. The van der Waals surface area contributed by atoms with Gasteiger partial charge in [0.05, 0.1) is 6.54 Å². The summed E-state index contributed by atoms with van der Waals surface area (Å²) in [6.45, 7) is 2.57. The number of nitrogens with zero attached hydrogens (tertiary/aromatic N) is 1. The third kappa shape index (κ3) is 3.59. The van der Waals surface area contributed by atoms with Gasteiger partial charge in [-0.15, -0.1) is 12.4 Å². The molecule has 120 valence electrons. The number of amides is 2. The smallest absolute Gasteiger partial charge is 0.246 e. The van der Waals surface area contributed by atoms with Crippen molar-refractivity contribution in [1.29, 1.82) is 0 Å². The summed E-state index contributed by atoms with van der Waals surface area (Å²) in [5.41, 5.74) is 2.19. The molecule has 0 aliphatic carbocycles. The Labute approximate surface area is 136 Å². The molecule has 2 heterocycles. The summed E-state index contributed by atoms with van der Waals surface area (Å²) in [5, 5.41) is 6.04. The van der Waals surface area contributed by atoms with E-state index in [1.807, 2.05) is 18.2 Å². The number of para-hydroxylation sites is 1. The van der Waals surface area contributed by atoms with Crippen LogP contribution in [0.3, 0.4) is 0 Å². The Kier molecular flexibility index (Phi) is 5.80. The summed E-state index contributed by atoms with van der Waals surface area (Å²) < 4.78 is 0. The number of rotatable bonds is 3. The molecule has 0 unspecified atom stereocenters. The maximum Gasteiger partial charge on any atom is 0.246 e. The van der Waals surface area contributed by atoms with Gasteiger partial charge in [0.2, 0.25) is 11.8 Å². The standard InChI is InChI=1S/C16H21N3O2.ClH/c20-15(11-18-16(21)13-5-8-17-9-6-13)19-10-7-12-3-1-2-4-14(12)19;/h1-4,13,17H,5-11H2,(H,18,21);1H. The number of carbonyl (C=O) groups is 2. The Balaban J connectivity index is 0.00000176. The Morgan fingerprint density at radius 1 is 1.23 bits per heavy atom. The minimum Gasteiger partial charge on any atom is -0.347 e. The Morgan fingerprint density at radius 2 is 1.95 bits per heavy atom. The number of carbonyl (C=O) groups excluding carboxylic acids is 2. The molecule has 0 atom stereocenters. The molecule has 2 aliphatic rings. The van der Waals surface area contributed by atoms with Crippen LogP contribution in [0.2, 0.25) is 0 Å². The average Bonchev–Trinajstić information content (AvgIpc) is 2.97. The quantitative estimate of drug-likeness (QED) is 0.876. The van der Waals surface area contributed by atoms with Gasteiger partial charge in [0.15, 0.2) is 0 Å². The van der Waals surface area contributed by atoms with Crippen molar-refractivity contribution in [3.8, 4) is 0 Å². The molecule has 1 saturated heterocycles. The average molecular weight is 324 g/mol. The lowest BCUT2D eigenvalue weighted by Gasteiger charge is -2.22. The zero-order chi connectivity index (χ0) is 14.7. The van der Waals surface area contributed by atoms with Gasteiger partial charge in [0.25, 0.3) is 0 Å². The van der Waals surface area contributed by atoms with E-state index in [0.29, 0.717) is 6.54 Å². The molecule has 3 rings (SSSR count).